The number of nitrogens with one attached hydrogen (secondary N) is 1. The van der Waals surface area contributed by atoms with Gasteiger partial charge in [-0.05, 0) is 18.5 Å². The van der Waals surface area contributed by atoms with Crippen molar-refractivity contribution in [2.75, 3.05) is 19.7 Å². The summed E-state index contributed by atoms with van der Waals surface area (Å²) in [6.07, 6.45) is 0. The third kappa shape index (κ3) is 5.35. The van der Waals surface area contributed by atoms with E-state index >= 15 is 0 Å². The molecule has 1 amide bonds. The minimum atomic E-state index is -0.518. The molecule has 19 heavy (non-hydrogen) atoms. The number of hydrogen-bond acceptors (Lipinski definition) is 5. The largest absolute Gasteiger partial charge is 0.484 e. The van der Waals surface area contributed by atoms with Crippen LogP contribution in [-0.2, 0) is 4.79 Å². The van der Waals surface area contributed by atoms with Gasteiger partial charge in [0.25, 0.3) is 11.6 Å². The second-order valence-electron chi connectivity index (χ2n) is 4.19. The number of carbonyl (C=O) groups excluding carboxylic acids is 1. The van der Waals surface area contributed by atoms with Crippen LogP contribution in [0.4, 0.5) is 5.69 Å². The Kier molecular flexibility index (Phi) is 5.74. The zero-order valence-corrected chi connectivity index (χ0v) is 10.7. The van der Waals surface area contributed by atoms with Crippen LogP contribution >= 0.6 is 0 Å². The summed E-state index contributed by atoms with van der Waals surface area (Å²) in [6, 6.07) is 5.69. The van der Waals surface area contributed by atoms with Crippen molar-refractivity contribution in [1.82, 2.24) is 5.32 Å². The number of benzene rings is 1. The van der Waals surface area contributed by atoms with Crippen molar-refractivity contribution >= 4 is 11.6 Å². The molecule has 1 atom stereocenters. The van der Waals surface area contributed by atoms with E-state index in [4.69, 9.17) is 10.5 Å². The van der Waals surface area contributed by atoms with Gasteiger partial charge < -0.3 is 15.8 Å². The monoisotopic (exact) mass is 267 g/mol. The molecule has 1 aromatic rings. The molecule has 0 saturated carbocycles. The van der Waals surface area contributed by atoms with Crippen molar-refractivity contribution in [1.29, 1.82) is 0 Å². The Balaban J connectivity index is 2.42. The molecule has 7 heteroatoms. The molecule has 0 bridgehead atoms. The molecule has 0 aliphatic rings. The molecular weight excluding hydrogens is 250 g/mol. The number of nitro groups is 1. The third-order valence-corrected chi connectivity index (χ3v) is 2.45. The number of nitrogens with zero attached hydrogens (tertiary/aromatic N) is 1. The minimum absolute atomic E-state index is 0.0744. The summed E-state index contributed by atoms with van der Waals surface area (Å²) in [4.78, 5) is 21.5. The molecule has 0 aliphatic heterocycles. The normalized spacial score (nSPS) is 11.7. The molecular formula is C12H17N3O4. The lowest BCUT2D eigenvalue weighted by molar-refractivity contribution is -0.384. The predicted octanol–water partition coefficient (Wildman–Crippen LogP) is 0.685. The van der Waals surface area contributed by atoms with Crippen molar-refractivity contribution in [2.45, 2.75) is 6.92 Å². The summed E-state index contributed by atoms with van der Waals surface area (Å²) in [5.41, 5.74) is 5.35. The summed E-state index contributed by atoms with van der Waals surface area (Å²) in [7, 11) is 0. The maximum atomic E-state index is 11.4. The summed E-state index contributed by atoms with van der Waals surface area (Å²) in [5.74, 6) is 0.199. The summed E-state index contributed by atoms with van der Waals surface area (Å²) in [5, 5.41) is 13.2. The van der Waals surface area contributed by atoms with E-state index in [0.717, 1.165) is 0 Å². The van der Waals surface area contributed by atoms with E-state index < -0.39 is 4.92 Å². The highest BCUT2D eigenvalue weighted by molar-refractivity contribution is 5.77. The lowest BCUT2D eigenvalue weighted by Gasteiger charge is -2.10. The Morgan fingerprint density at radius 1 is 1.58 bits per heavy atom. The molecule has 0 fully saturated rings. The van der Waals surface area contributed by atoms with Gasteiger partial charge in [-0.1, -0.05) is 13.0 Å². The van der Waals surface area contributed by atoms with Crippen LogP contribution < -0.4 is 15.8 Å². The Hall–Kier alpha value is -2.15. The number of nitro benzene ring substituents is 1. The standard InChI is InChI=1S/C12H17N3O4/c1-9(6-13)7-14-12(16)8-19-11-4-2-3-10(5-11)15(17)18/h2-5,9H,6-8,13H2,1H3,(H,14,16). The van der Waals surface area contributed by atoms with Crippen molar-refractivity contribution in [3.8, 4) is 5.75 Å². The Morgan fingerprint density at radius 2 is 2.32 bits per heavy atom. The van der Waals surface area contributed by atoms with Crippen molar-refractivity contribution in [3.05, 3.63) is 34.4 Å². The van der Waals surface area contributed by atoms with Crippen LogP contribution in [0.15, 0.2) is 24.3 Å². The van der Waals surface area contributed by atoms with Crippen LogP contribution in [0.25, 0.3) is 0 Å². The number of amides is 1. The SMILES string of the molecule is CC(CN)CNC(=O)COc1cccc([N+](=O)[O-])c1. The molecule has 1 aromatic carbocycles. The number of non-ortho nitro benzene ring substituents is 1. The zero-order chi connectivity index (χ0) is 14.3. The smallest absolute Gasteiger partial charge is 0.273 e. The van der Waals surface area contributed by atoms with Gasteiger partial charge in [0.1, 0.15) is 5.75 Å². The quantitative estimate of drug-likeness (QED) is 0.558. The first-order chi connectivity index (χ1) is 9.02. The summed E-state index contributed by atoms with van der Waals surface area (Å²) >= 11 is 0. The lowest BCUT2D eigenvalue weighted by atomic mass is 10.2. The van der Waals surface area contributed by atoms with Crippen LogP contribution in [-0.4, -0.2) is 30.5 Å². The molecule has 1 unspecified atom stereocenters. The Morgan fingerprint density at radius 3 is 2.95 bits per heavy atom. The van der Waals surface area contributed by atoms with Crippen LogP contribution in [0.2, 0.25) is 0 Å². The molecule has 1 rings (SSSR count). The van der Waals surface area contributed by atoms with Gasteiger partial charge >= 0.3 is 0 Å². The van der Waals surface area contributed by atoms with Crippen LogP contribution in [0.3, 0.4) is 0 Å². The van der Waals surface area contributed by atoms with Gasteiger partial charge in [-0.3, -0.25) is 14.9 Å². The molecule has 7 nitrogen and oxygen atoms in total. The van der Waals surface area contributed by atoms with Gasteiger partial charge in [-0.25, -0.2) is 0 Å². The molecule has 104 valence electrons. The Bertz CT molecular complexity index is 450. The van der Waals surface area contributed by atoms with Crippen molar-refractivity contribution < 1.29 is 14.5 Å². The van der Waals surface area contributed by atoms with E-state index in [1.807, 2.05) is 6.92 Å². The fourth-order valence-corrected chi connectivity index (χ4v) is 1.26. The molecule has 0 radical (unpaired) electrons. The number of ether oxygens (including phenoxy) is 1. The molecule has 0 heterocycles. The average molecular weight is 267 g/mol. The maximum Gasteiger partial charge on any atom is 0.273 e. The van der Waals surface area contributed by atoms with E-state index in [2.05, 4.69) is 5.32 Å². The zero-order valence-electron chi connectivity index (χ0n) is 10.7. The van der Waals surface area contributed by atoms with E-state index in [1.165, 1.54) is 18.2 Å². The number of hydrogen-bond donors (Lipinski definition) is 2. The molecule has 0 saturated heterocycles. The second-order valence-corrected chi connectivity index (χ2v) is 4.19. The Labute approximate surface area is 110 Å². The predicted molar refractivity (Wildman–Crippen MR) is 69.8 cm³/mol. The van der Waals surface area contributed by atoms with Gasteiger partial charge in [-0.15, -0.1) is 0 Å². The van der Waals surface area contributed by atoms with Gasteiger partial charge in [0.2, 0.25) is 0 Å². The van der Waals surface area contributed by atoms with Crippen LogP contribution in [0.5, 0.6) is 5.75 Å². The first-order valence-electron chi connectivity index (χ1n) is 5.87. The second kappa shape index (κ2) is 7.32. The van der Waals surface area contributed by atoms with Crippen LogP contribution in [0, 0.1) is 16.0 Å². The average Bonchev–Trinajstić information content (AvgIpc) is 2.42. The summed E-state index contributed by atoms with van der Waals surface area (Å²) < 4.78 is 5.18. The molecule has 3 N–H and O–H groups in total. The highest BCUT2D eigenvalue weighted by Crippen LogP contribution is 2.18. The number of carbonyl (C=O) groups is 1. The lowest BCUT2D eigenvalue weighted by Crippen LogP contribution is -2.34. The van der Waals surface area contributed by atoms with Gasteiger partial charge in [0.15, 0.2) is 6.61 Å². The molecule has 0 spiro atoms. The first-order valence-corrected chi connectivity index (χ1v) is 5.87. The third-order valence-electron chi connectivity index (χ3n) is 2.45. The molecule has 0 aromatic heterocycles. The topological polar surface area (TPSA) is 107 Å². The minimum Gasteiger partial charge on any atom is -0.484 e. The number of nitrogens with two attached hydrogens (primary N) is 1. The van der Waals surface area contributed by atoms with E-state index in [1.54, 1.807) is 6.07 Å². The first kappa shape index (κ1) is 14.9. The van der Waals surface area contributed by atoms with E-state index in [-0.39, 0.29) is 29.9 Å². The fourth-order valence-electron chi connectivity index (χ4n) is 1.26. The van der Waals surface area contributed by atoms with Crippen molar-refractivity contribution in [3.63, 3.8) is 0 Å². The highest BCUT2D eigenvalue weighted by Gasteiger charge is 2.08. The number of rotatable bonds is 7. The maximum absolute atomic E-state index is 11.4. The highest BCUT2D eigenvalue weighted by atomic mass is 16.6. The van der Waals surface area contributed by atoms with Crippen molar-refractivity contribution in [2.24, 2.45) is 11.7 Å². The molecule has 0 aliphatic carbocycles. The van der Waals surface area contributed by atoms with Gasteiger partial charge in [0, 0.05) is 12.6 Å². The van der Waals surface area contributed by atoms with E-state index in [9.17, 15) is 14.9 Å². The van der Waals surface area contributed by atoms with Gasteiger partial charge in [-0.2, -0.15) is 0 Å². The summed E-state index contributed by atoms with van der Waals surface area (Å²) in [6.45, 7) is 2.71. The fraction of sp³-hybridized carbons (Fsp3) is 0.417. The van der Waals surface area contributed by atoms with Crippen LogP contribution in [0.1, 0.15) is 6.92 Å². The van der Waals surface area contributed by atoms with Gasteiger partial charge in [0.05, 0.1) is 11.0 Å². The van der Waals surface area contributed by atoms with E-state index in [0.29, 0.717) is 13.1 Å².